The molecule has 3 aromatic rings. The number of benzene rings is 2. The Bertz CT molecular complexity index is 1110. The fourth-order valence-corrected chi connectivity index (χ4v) is 4.47. The van der Waals surface area contributed by atoms with E-state index in [-0.39, 0.29) is 21.2 Å². The number of pyridine rings is 1. The van der Waals surface area contributed by atoms with Crippen LogP contribution in [0.3, 0.4) is 0 Å². The van der Waals surface area contributed by atoms with Crippen LogP contribution >= 0.6 is 23.2 Å². The van der Waals surface area contributed by atoms with Crippen molar-refractivity contribution in [2.75, 3.05) is 7.11 Å². The fraction of sp³-hybridized carbons (Fsp3) is 0.167. The van der Waals surface area contributed by atoms with E-state index in [0.717, 1.165) is 5.56 Å². The maximum absolute atomic E-state index is 12.9. The van der Waals surface area contributed by atoms with Crippen LogP contribution < -0.4 is 8.92 Å². The van der Waals surface area contributed by atoms with E-state index in [1.807, 2.05) is 6.92 Å². The predicted octanol–water partition coefficient (Wildman–Crippen LogP) is 4.93. The number of methoxy groups -OCH3 is 1. The molecule has 0 unspecified atom stereocenters. The van der Waals surface area contributed by atoms with Gasteiger partial charge >= 0.3 is 10.1 Å². The molecule has 8 heteroatoms. The molecule has 0 N–H and O–H groups in total. The topological polar surface area (TPSA) is 65.5 Å². The van der Waals surface area contributed by atoms with E-state index in [2.05, 4.69) is 4.98 Å². The number of ether oxygens (including phenoxy) is 1. The second kappa shape index (κ2) is 6.95. The fourth-order valence-electron chi connectivity index (χ4n) is 2.68. The number of aromatic nitrogens is 1. The monoisotopic (exact) mass is 411 g/mol. The van der Waals surface area contributed by atoms with E-state index in [0.29, 0.717) is 21.7 Å². The molecule has 5 nitrogen and oxygen atoms in total. The van der Waals surface area contributed by atoms with Gasteiger partial charge < -0.3 is 8.92 Å². The molecule has 0 atom stereocenters. The Morgan fingerprint density at radius 2 is 1.77 bits per heavy atom. The van der Waals surface area contributed by atoms with E-state index >= 15 is 0 Å². The van der Waals surface area contributed by atoms with E-state index in [9.17, 15) is 8.42 Å². The van der Waals surface area contributed by atoms with Crippen molar-refractivity contribution in [3.63, 3.8) is 0 Å². The lowest BCUT2D eigenvalue weighted by Crippen LogP contribution is -2.12. The standard InChI is InChI=1S/C18H15Cl2NO4S/c1-10-7-11(2)16(9-15(10)24-3)26(22,23)25-18-14(20)8-13(19)12-5-4-6-21-17(12)18/h4-9H,1-3H3. The van der Waals surface area contributed by atoms with Crippen LogP contribution in [0.2, 0.25) is 10.0 Å². The zero-order chi connectivity index (χ0) is 19.1. The van der Waals surface area contributed by atoms with Gasteiger partial charge in [0, 0.05) is 17.6 Å². The Hall–Kier alpha value is -2.02. The molecular weight excluding hydrogens is 397 g/mol. The minimum Gasteiger partial charge on any atom is -0.496 e. The first kappa shape index (κ1) is 18.8. The molecule has 3 rings (SSSR count). The quantitative estimate of drug-likeness (QED) is 0.569. The molecule has 0 bridgehead atoms. The van der Waals surface area contributed by atoms with Gasteiger partial charge in [0.25, 0.3) is 0 Å². The molecule has 0 fully saturated rings. The van der Waals surface area contributed by atoms with Gasteiger partial charge in [0.2, 0.25) is 0 Å². The summed E-state index contributed by atoms with van der Waals surface area (Å²) in [5.41, 5.74) is 1.62. The predicted molar refractivity (Wildman–Crippen MR) is 102 cm³/mol. The van der Waals surface area contributed by atoms with Crippen LogP contribution in [-0.2, 0) is 10.1 Å². The minimum atomic E-state index is -4.17. The highest BCUT2D eigenvalue weighted by Crippen LogP contribution is 2.39. The highest BCUT2D eigenvalue weighted by Gasteiger charge is 2.25. The normalized spacial score (nSPS) is 11.6. The van der Waals surface area contributed by atoms with Gasteiger partial charge in [-0.3, -0.25) is 4.98 Å². The van der Waals surface area contributed by atoms with E-state index < -0.39 is 10.1 Å². The zero-order valence-electron chi connectivity index (χ0n) is 14.2. The van der Waals surface area contributed by atoms with Gasteiger partial charge in [-0.05, 0) is 43.2 Å². The third kappa shape index (κ3) is 3.32. The van der Waals surface area contributed by atoms with Gasteiger partial charge in [-0.25, -0.2) is 0 Å². The van der Waals surface area contributed by atoms with Gasteiger partial charge in [0.1, 0.15) is 16.2 Å². The summed E-state index contributed by atoms with van der Waals surface area (Å²) in [5, 5.41) is 0.958. The van der Waals surface area contributed by atoms with Crippen molar-refractivity contribution in [3.8, 4) is 11.5 Å². The van der Waals surface area contributed by atoms with Crippen molar-refractivity contribution in [3.05, 3.63) is 57.7 Å². The van der Waals surface area contributed by atoms with Crippen LogP contribution in [0.15, 0.2) is 41.4 Å². The summed E-state index contributed by atoms with van der Waals surface area (Å²) < 4.78 is 36.4. The van der Waals surface area contributed by atoms with Gasteiger partial charge in [-0.15, -0.1) is 0 Å². The lowest BCUT2D eigenvalue weighted by atomic mass is 10.1. The van der Waals surface area contributed by atoms with Crippen molar-refractivity contribution < 1.29 is 17.3 Å². The van der Waals surface area contributed by atoms with E-state index in [4.69, 9.17) is 32.1 Å². The van der Waals surface area contributed by atoms with Crippen molar-refractivity contribution >= 4 is 44.2 Å². The maximum Gasteiger partial charge on any atom is 0.339 e. The molecule has 1 heterocycles. The molecule has 0 saturated carbocycles. The maximum atomic E-state index is 12.9. The van der Waals surface area contributed by atoms with Gasteiger partial charge in [-0.1, -0.05) is 29.3 Å². The molecular formula is C18H15Cl2NO4S. The molecule has 136 valence electrons. The molecule has 0 aliphatic rings. The molecule has 0 amide bonds. The third-order valence-corrected chi connectivity index (χ3v) is 5.86. The van der Waals surface area contributed by atoms with Gasteiger partial charge in [0.15, 0.2) is 5.75 Å². The van der Waals surface area contributed by atoms with Crippen LogP contribution in [0.25, 0.3) is 10.9 Å². The molecule has 1 aromatic heterocycles. The lowest BCUT2D eigenvalue weighted by Gasteiger charge is -2.14. The van der Waals surface area contributed by atoms with Crippen LogP contribution in [0.5, 0.6) is 11.5 Å². The molecule has 0 radical (unpaired) electrons. The summed E-state index contributed by atoms with van der Waals surface area (Å²) in [4.78, 5) is 4.16. The average molecular weight is 412 g/mol. The first-order chi connectivity index (χ1) is 12.2. The van der Waals surface area contributed by atoms with Crippen molar-refractivity contribution in [1.82, 2.24) is 4.98 Å². The molecule has 0 spiro atoms. The van der Waals surface area contributed by atoms with Crippen LogP contribution in [0.1, 0.15) is 11.1 Å². The average Bonchev–Trinajstić information content (AvgIpc) is 2.58. The largest absolute Gasteiger partial charge is 0.496 e. The molecule has 0 aliphatic heterocycles. The molecule has 0 saturated heterocycles. The lowest BCUT2D eigenvalue weighted by molar-refractivity contribution is 0.409. The number of hydrogen-bond acceptors (Lipinski definition) is 5. The Labute approximate surface area is 161 Å². The van der Waals surface area contributed by atoms with Gasteiger partial charge in [0.05, 0.1) is 17.2 Å². The number of halogens is 2. The van der Waals surface area contributed by atoms with Crippen molar-refractivity contribution in [2.45, 2.75) is 18.7 Å². The van der Waals surface area contributed by atoms with Crippen molar-refractivity contribution in [2.24, 2.45) is 0 Å². The molecule has 26 heavy (non-hydrogen) atoms. The van der Waals surface area contributed by atoms with Crippen LogP contribution in [0, 0.1) is 13.8 Å². The molecule has 0 aliphatic carbocycles. The smallest absolute Gasteiger partial charge is 0.339 e. The first-order valence-electron chi connectivity index (χ1n) is 7.57. The summed E-state index contributed by atoms with van der Waals surface area (Å²) in [6, 6.07) is 7.98. The summed E-state index contributed by atoms with van der Waals surface area (Å²) in [6.07, 6.45) is 1.51. The summed E-state index contributed by atoms with van der Waals surface area (Å²) in [6.45, 7) is 3.51. The SMILES string of the molecule is COc1cc(S(=O)(=O)Oc2c(Cl)cc(Cl)c3cccnc23)c(C)cc1C. The van der Waals surface area contributed by atoms with Crippen molar-refractivity contribution in [1.29, 1.82) is 0 Å². The number of aryl methyl sites for hydroxylation is 2. The van der Waals surface area contributed by atoms with Crippen LogP contribution in [-0.4, -0.2) is 20.5 Å². The summed E-state index contributed by atoms with van der Waals surface area (Å²) in [7, 11) is -2.69. The second-order valence-corrected chi connectivity index (χ2v) is 8.02. The number of nitrogens with zero attached hydrogens (tertiary/aromatic N) is 1. The Balaban J connectivity index is 2.17. The van der Waals surface area contributed by atoms with E-state index in [1.165, 1.54) is 25.4 Å². The molecule has 2 aromatic carbocycles. The number of fused-ring (bicyclic) bond motifs is 1. The Morgan fingerprint density at radius 1 is 1.04 bits per heavy atom. The number of hydrogen-bond donors (Lipinski definition) is 0. The Morgan fingerprint density at radius 3 is 2.46 bits per heavy atom. The highest BCUT2D eigenvalue weighted by atomic mass is 35.5. The Kier molecular flexibility index (Phi) is 5.01. The zero-order valence-corrected chi connectivity index (χ0v) is 16.5. The summed E-state index contributed by atoms with van der Waals surface area (Å²) >= 11 is 12.3. The van der Waals surface area contributed by atoms with Gasteiger partial charge in [-0.2, -0.15) is 8.42 Å². The first-order valence-corrected chi connectivity index (χ1v) is 9.73. The van der Waals surface area contributed by atoms with Crippen LogP contribution in [0.4, 0.5) is 0 Å². The second-order valence-electron chi connectivity index (χ2n) is 5.69. The summed E-state index contributed by atoms with van der Waals surface area (Å²) in [5.74, 6) is 0.383. The minimum absolute atomic E-state index is 0.00459. The number of rotatable bonds is 4. The van der Waals surface area contributed by atoms with E-state index in [1.54, 1.807) is 25.1 Å². The third-order valence-electron chi connectivity index (χ3n) is 3.91. The highest BCUT2D eigenvalue weighted by molar-refractivity contribution is 7.87.